The lowest BCUT2D eigenvalue weighted by atomic mass is 10.1. The fraction of sp³-hybridized carbons (Fsp3) is 0.167. The van der Waals surface area contributed by atoms with Crippen LogP contribution in [0.1, 0.15) is 10.4 Å². The van der Waals surface area contributed by atoms with E-state index in [-0.39, 0.29) is 21.7 Å². The molecule has 0 unspecified atom stereocenters. The Morgan fingerprint density at radius 2 is 2.10 bits per heavy atom. The van der Waals surface area contributed by atoms with Crippen molar-refractivity contribution in [1.29, 1.82) is 0 Å². The number of aromatic amines is 1. The lowest BCUT2D eigenvalue weighted by Crippen LogP contribution is -2.34. The van der Waals surface area contributed by atoms with Gasteiger partial charge in [-0.25, -0.2) is 0 Å². The number of nitrogens with zero attached hydrogens (tertiary/aromatic N) is 2. The lowest BCUT2D eigenvalue weighted by molar-refractivity contribution is 0.102. The monoisotopic (exact) mass is 345 g/mol. The summed E-state index contributed by atoms with van der Waals surface area (Å²) in [5, 5.41) is 3.23. The van der Waals surface area contributed by atoms with Gasteiger partial charge in [-0.05, 0) is 18.2 Å². The van der Waals surface area contributed by atoms with Crippen LogP contribution in [0.3, 0.4) is 0 Å². The molecule has 0 aliphatic rings. The molecule has 1 N–H and O–H groups in total. The van der Waals surface area contributed by atoms with Crippen molar-refractivity contribution in [2.75, 3.05) is 5.75 Å². The molecule has 0 saturated heterocycles. The molecule has 6 nitrogen and oxygen atoms in total. The molecule has 0 radical (unpaired) electrons. The number of hydrogen-bond donors (Lipinski definition) is 1. The van der Waals surface area contributed by atoms with Gasteiger partial charge in [0.05, 0.1) is 10.8 Å². The third-order valence-corrected chi connectivity index (χ3v) is 4.09. The van der Waals surface area contributed by atoms with Gasteiger partial charge in [0.1, 0.15) is 0 Å². The third-order valence-electron chi connectivity index (χ3n) is 2.51. The summed E-state index contributed by atoms with van der Waals surface area (Å²) in [5.41, 5.74) is -1.37. The Hall–Kier alpha value is -1.57. The van der Waals surface area contributed by atoms with Gasteiger partial charge in [-0.2, -0.15) is 4.98 Å². The topological polar surface area (TPSA) is 84.8 Å². The van der Waals surface area contributed by atoms with Gasteiger partial charge in [0.15, 0.2) is 10.9 Å². The summed E-state index contributed by atoms with van der Waals surface area (Å²) in [4.78, 5) is 37.9. The van der Waals surface area contributed by atoms with Crippen LogP contribution in [0.5, 0.6) is 0 Å². The van der Waals surface area contributed by atoms with E-state index in [9.17, 15) is 14.4 Å². The molecular formula is C12H9Cl2N3O3S. The molecule has 1 aromatic carbocycles. The highest BCUT2D eigenvalue weighted by Crippen LogP contribution is 2.23. The zero-order valence-corrected chi connectivity index (χ0v) is 13.1. The quantitative estimate of drug-likeness (QED) is 0.518. The second-order valence-electron chi connectivity index (χ2n) is 4.04. The van der Waals surface area contributed by atoms with E-state index in [0.717, 1.165) is 11.8 Å². The standard InChI is InChI=1S/C12H9Cl2N3O3S/c1-17-12(15-10(19)11(20)16-17)21-5-9(18)7-3-2-6(13)4-8(7)14/h2-4H,5H2,1H3,(H,16,20). The Morgan fingerprint density at radius 3 is 2.76 bits per heavy atom. The molecule has 1 heterocycles. The number of Topliss-reactive ketones (excluding diaryl/α,β-unsaturated/α-hetero) is 1. The van der Waals surface area contributed by atoms with Crippen molar-refractivity contribution in [3.8, 4) is 0 Å². The normalized spacial score (nSPS) is 10.6. The van der Waals surface area contributed by atoms with Gasteiger partial charge >= 0.3 is 11.1 Å². The van der Waals surface area contributed by atoms with Crippen molar-refractivity contribution >= 4 is 40.7 Å². The minimum absolute atomic E-state index is 0.0215. The third kappa shape index (κ3) is 3.75. The number of carbonyl (C=O) groups excluding carboxylic acids is 1. The maximum Gasteiger partial charge on any atom is 0.339 e. The number of ketones is 1. The Bertz CT molecular complexity index is 816. The summed E-state index contributed by atoms with van der Waals surface area (Å²) >= 11 is 12.7. The zero-order valence-electron chi connectivity index (χ0n) is 10.7. The van der Waals surface area contributed by atoms with Crippen LogP contribution < -0.4 is 11.1 Å². The van der Waals surface area contributed by atoms with E-state index >= 15 is 0 Å². The molecule has 0 bridgehead atoms. The van der Waals surface area contributed by atoms with Crippen LogP contribution >= 0.6 is 35.0 Å². The van der Waals surface area contributed by atoms with Crippen LogP contribution in [0.15, 0.2) is 32.9 Å². The van der Waals surface area contributed by atoms with Crippen LogP contribution in [-0.4, -0.2) is 26.3 Å². The Kier molecular flexibility index (Phi) is 4.87. The van der Waals surface area contributed by atoms with Gasteiger partial charge in [0.2, 0.25) is 0 Å². The first kappa shape index (κ1) is 15.8. The molecule has 0 saturated carbocycles. The summed E-state index contributed by atoms with van der Waals surface area (Å²) in [6.07, 6.45) is 0. The smallest absolute Gasteiger partial charge is 0.293 e. The number of aromatic nitrogens is 3. The van der Waals surface area contributed by atoms with Crippen LogP contribution in [0.4, 0.5) is 0 Å². The van der Waals surface area contributed by atoms with E-state index in [4.69, 9.17) is 23.2 Å². The van der Waals surface area contributed by atoms with Gasteiger partial charge < -0.3 is 0 Å². The van der Waals surface area contributed by atoms with E-state index in [1.54, 1.807) is 6.07 Å². The maximum absolute atomic E-state index is 12.1. The van der Waals surface area contributed by atoms with Gasteiger partial charge in [0.25, 0.3) is 0 Å². The summed E-state index contributed by atoms with van der Waals surface area (Å²) in [6.45, 7) is 0. The van der Waals surface area contributed by atoms with Crippen molar-refractivity contribution in [3.05, 3.63) is 54.5 Å². The molecule has 0 atom stereocenters. The first-order chi connectivity index (χ1) is 9.88. The van der Waals surface area contributed by atoms with Crippen LogP contribution in [0, 0.1) is 0 Å². The number of carbonyl (C=O) groups is 1. The summed E-state index contributed by atoms with van der Waals surface area (Å²) < 4.78 is 1.28. The number of nitrogens with one attached hydrogen (secondary N) is 1. The van der Waals surface area contributed by atoms with E-state index in [0.29, 0.717) is 10.6 Å². The van der Waals surface area contributed by atoms with Crippen LogP contribution in [0.2, 0.25) is 10.0 Å². The Balaban J connectivity index is 2.16. The number of halogens is 2. The molecule has 2 aromatic rings. The SMILES string of the molecule is Cn1[nH]c(=O)c(=O)nc1SCC(=O)c1ccc(Cl)cc1Cl. The molecule has 0 spiro atoms. The van der Waals surface area contributed by atoms with Crippen LogP contribution in [-0.2, 0) is 7.05 Å². The molecular weight excluding hydrogens is 337 g/mol. The predicted octanol–water partition coefficient (Wildman–Crippen LogP) is 1.75. The number of benzene rings is 1. The number of hydrogen-bond acceptors (Lipinski definition) is 5. The minimum Gasteiger partial charge on any atom is -0.293 e. The van der Waals surface area contributed by atoms with E-state index in [1.807, 2.05) is 0 Å². The fourth-order valence-electron chi connectivity index (χ4n) is 1.51. The average molecular weight is 346 g/mol. The first-order valence-corrected chi connectivity index (χ1v) is 7.41. The lowest BCUT2D eigenvalue weighted by Gasteiger charge is -2.06. The van der Waals surface area contributed by atoms with E-state index < -0.39 is 11.1 Å². The summed E-state index contributed by atoms with van der Waals surface area (Å²) in [7, 11) is 1.52. The molecule has 9 heteroatoms. The van der Waals surface area contributed by atoms with Gasteiger partial charge in [0, 0.05) is 17.6 Å². The highest BCUT2D eigenvalue weighted by Gasteiger charge is 2.13. The predicted molar refractivity (Wildman–Crippen MR) is 81.6 cm³/mol. The highest BCUT2D eigenvalue weighted by atomic mass is 35.5. The second kappa shape index (κ2) is 6.46. The van der Waals surface area contributed by atoms with Crippen molar-refractivity contribution < 1.29 is 4.79 Å². The van der Waals surface area contributed by atoms with Crippen molar-refractivity contribution in [1.82, 2.24) is 14.8 Å². The zero-order chi connectivity index (χ0) is 15.6. The van der Waals surface area contributed by atoms with E-state index in [1.165, 1.54) is 23.9 Å². The molecule has 0 aliphatic heterocycles. The average Bonchev–Trinajstić information content (AvgIpc) is 2.41. The molecule has 110 valence electrons. The molecule has 0 aliphatic carbocycles. The Labute approximate surface area is 133 Å². The van der Waals surface area contributed by atoms with Gasteiger partial charge in [-0.3, -0.25) is 24.2 Å². The highest BCUT2D eigenvalue weighted by molar-refractivity contribution is 7.99. The van der Waals surface area contributed by atoms with Crippen LogP contribution in [0.25, 0.3) is 0 Å². The Morgan fingerprint density at radius 1 is 1.38 bits per heavy atom. The van der Waals surface area contributed by atoms with E-state index in [2.05, 4.69) is 10.1 Å². The summed E-state index contributed by atoms with van der Waals surface area (Å²) in [6, 6.07) is 4.58. The van der Waals surface area contributed by atoms with Crippen molar-refractivity contribution in [2.45, 2.75) is 5.16 Å². The maximum atomic E-state index is 12.1. The number of thioether (sulfide) groups is 1. The van der Waals surface area contributed by atoms with Crippen molar-refractivity contribution in [3.63, 3.8) is 0 Å². The largest absolute Gasteiger partial charge is 0.339 e. The van der Waals surface area contributed by atoms with Gasteiger partial charge in [-0.1, -0.05) is 35.0 Å². The summed E-state index contributed by atoms with van der Waals surface area (Å²) in [5.74, 6) is -0.213. The van der Waals surface area contributed by atoms with Gasteiger partial charge in [-0.15, -0.1) is 0 Å². The first-order valence-electron chi connectivity index (χ1n) is 5.67. The number of aryl methyl sites for hydroxylation is 1. The molecule has 0 fully saturated rings. The second-order valence-corrected chi connectivity index (χ2v) is 5.82. The fourth-order valence-corrected chi connectivity index (χ4v) is 2.83. The minimum atomic E-state index is -0.896. The molecule has 2 rings (SSSR count). The molecule has 0 amide bonds. The van der Waals surface area contributed by atoms with Crippen molar-refractivity contribution in [2.24, 2.45) is 7.05 Å². The molecule has 1 aromatic heterocycles. The molecule has 21 heavy (non-hydrogen) atoms. The number of H-pyrrole nitrogens is 1. The number of rotatable bonds is 4.